The highest BCUT2D eigenvalue weighted by Gasteiger charge is 2.23. The van der Waals surface area contributed by atoms with Gasteiger partial charge in [0, 0.05) is 46.3 Å². The van der Waals surface area contributed by atoms with E-state index in [9.17, 15) is 0 Å². The summed E-state index contributed by atoms with van der Waals surface area (Å²) in [6.45, 7) is 11.1. The molecule has 2 aliphatic rings. The van der Waals surface area contributed by atoms with Crippen LogP contribution < -0.4 is 10.2 Å². The van der Waals surface area contributed by atoms with E-state index in [-0.39, 0.29) is 0 Å². The minimum atomic E-state index is 0.788. The molecule has 0 amide bonds. The van der Waals surface area contributed by atoms with E-state index in [0.29, 0.717) is 0 Å². The van der Waals surface area contributed by atoms with Crippen molar-refractivity contribution in [1.29, 1.82) is 0 Å². The zero-order chi connectivity index (χ0) is 15.4. The Morgan fingerprint density at radius 2 is 2.00 bits per heavy atom. The van der Waals surface area contributed by atoms with Crippen molar-refractivity contribution in [3.8, 4) is 0 Å². The van der Waals surface area contributed by atoms with Crippen LogP contribution in [0.25, 0.3) is 0 Å². The molecule has 3 heterocycles. The molecule has 120 valence electrons. The molecular formula is C15H23N5OS. The first-order valence-corrected chi connectivity index (χ1v) is 8.51. The molecular weight excluding hydrogens is 298 g/mol. The summed E-state index contributed by atoms with van der Waals surface area (Å²) in [7, 11) is 1.86. The molecule has 2 fully saturated rings. The van der Waals surface area contributed by atoms with Gasteiger partial charge in [0.2, 0.25) is 0 Å². The van der Waals surface area contributed by atoms with Crippen molar-refractivity contribution in [3.05, 3.63) is 10.9 Å². The maximum absolute atomic E-state index is 5.44. The fourth-order valence-corrected chi connectivity index (χ4v) is 4.08. The second-order valence-corrected chi connectivity index (χ2v) is 6.37. The SMILES string of the molecule is C=Nc1cc(N2CCOCC2)sc1/C(=N\C)N1CCNCC1. The van der Waals surface area contributed by atoms with E-state index in [1.165, 1.54) is 5.00 Å². The van der Waals surface area contributed by atoms with Gasteiger partial charge in [-0.05, 0) is 12.8 Å². The molecule has 0 unspecified atom stereocenters. The van der Waals surface area contributed by atoms with E-state index in [2.05, 4.69) is 37.9 Å². The lowest BCUT2D eigenvalue weighted by molar-refractivity contribution is 0.123. The van der Waals surface area contributed by atoms with Crippen molar-refractivity contribution in [1.82, 2.24) is 10.2 Å². The fourth-order valence-electron chi connectivity index (χ4n) is 2.85. The second kappa shape index (κ2) is 7.21. The minimum Gasteiger partial charge on any atom is -0.378 e. The van der Waals surface area contributed by atoms with E-state index in [0.717, 1.165) is 68.9 Å². The normalized spacial score (nSPS) is 20.3. The number of nitrogens with zero attached hydrogens (tertiary/aromatic N) is 4. The van der Waals surface area contributed by atoms with Crippen LogP contribution in [0.3, 0.4) is 0 Å². The largest absolute Gasteiger partial charge is 0.378 e. The Labute approximate surface area is 135 Å². The van der Waals surface area contributed by atoms with Crippen molar-refractivity contribution < 1.29 is 4.74 Å². The highest BCUT2D eigenvalue weighted by atomic mass is 32.1. The van der Waals surface area contributed by atoms with E-state index in [1.807, 2.05) is 7.05 Å². The zero-order valence-corrected chi connectivity index (χ0v) is 13.9. The smallest absolute Gasteiger partial charge is 0.143 e. The predicted molar refractivity (Wildman–Crippen MR) is 93.5 cm³/mol. The van der Waals surface area contributed by atoms with Gasteiger partial charge in [0.25, 0.3) is 0 Å². The minimum absolute atomic E-state index is 0.788. The van der Waals surface area contributed by atoms with Crippen molar-refractivity contribution >= 4 is 34.6 Å². The molecule has 0 atom stereocenters. The van der Waals surface area contributed by atoms with Gasteiger partial charge in [-0.3, -0.25) is 9.98 Å². The Hall–Kier alpha value is -1.44. The van der Waals surface area contributed by atoms with Crippen molar-refractivity contribution in [2.45, 2.75) is 0 Å². The van der Waals surface area contributed by atoms with E-state index < -0.39 is 0 Å². The average Bonchev–Trinajstić information content (AvgIpc) is 3.01. The molecule has 3 rings (SSSR count). The van der Waals surface area contributed by atoms with Crippen molar-refractivity contribution in [3.63, 3.8) is 0 Å². The first-order chi connectivity index (χ1) is 10.8. The number of amidine groups is 1. The lowest BCUT2D eigenvalue weighted by atomic mass is 10.3. The molecule has 0 saturated carbocycles. The van der Waals surface area contributed by atoms with Crippen LogP contribution in [0.15, 0.2) is 16.1 Å². The van der Waals surface area contributed by atoms with E-state index in [1.54, 1.807) is 11.3 Å². The van der Waals surface area contributed by atoms with Crippen LogP contribution in [0.4, 0.5) is 10.7 Å². The fraction of sp³-hybridized carbons (Fsp3) is 0.600. The third-order valence-electron chi connectivity index (χ3n) is 4.02. The molecule has 7 heteroatoms. The summed E-state index contributed by atoms with van der Waals surface area (Å²) in [5.74, 6) is 1.04. The highest BCUT2D eigenvalue weighted by molar-refractivity contribution is 7.18. The number of piperazine rings is 1. The van der Waals surface area contributed by atoms with Crippen LogP contribution in [0.5, 0.6) is 0 Å². The number of morpholine rings is 1. The number of nitrogens with one attached hydrogen (secondary N) is 1. The van der Waals surface area contributed by atoms with Gasteiger partial charge in [0.15, 0.2) is 0 Å². The monoisotopic (exact) mass is 321 g/mol. The van der Waals surface area contributed by atoms with Gasteiger partial charge in [-0.25, -0.2) is 0 Å². The Morgan fingerprint density at radius 3 is 2.64 bits per heavy atom. The molecule has 1 N–H and O–H groups in total. The molecule has 2 aliphatic heterocycles. The molecule has 6 nitrogen and oxygen atoms in total. The van der Waals surface area contributed by atoms with Gasteiger partial charge in [-0.1, -0.05) is 0 Å². The van der Waals surface area contributed by atoms with Crippen LogP contribution in [0.1, 0.15) is 4.88 Å². The number of hydrogen-bond donors (Lipinski definition) is 1. The van der Waals surface area contributed by atoms with Gasteiger partial charge >= 0.3 is 0 Å². The summed E-state index contributed by atoms with van der Waals surface area (Å²) in [4.78, 5) is 14.6. The lowest BCUT2D eigenvalue weighted by Gasteiger charge is -2.30. The predicted octanol–water partition coefficient (Wildman–Crippen LogP) is 1.20. The Morgan fingerprint density at radius 1 is 1.27 bits per heavy atom. The maximum Gasteiger partial charge on any atom is 0.143 e. The van der Waals surface area contributed by atoms with Crippen LogP contribution in [0, 0.1) is 0 Å². The van der Waals surface area contributed by atoms with Crippen molar-refractivity contribution in [2.24, 2.45) is 9.98 Å². The van der Waals surface area contributed by atoms with Gasteiger partial charge in [-0.2, -0.15) is 0 Å². The topological polar surface area (TPSA) is 52.5 Å². The summed E-state index contributed by atoms with van der Waals surface area (Å²) in [5.41, 5.74) is 0.936. The summed E-state index contributed by atoms with van der Waals surface area (Å²) < 4.78 is 5.44. The molecule has 0 aliphatic carbocycles. The molecule has 0 spiro atoms. The van der Waals surface area contributed by atoms with Crippen LogP contribution in [0.2, 0.25) is 0 Å². The van der Waals surface area contributed by atoms with Gasteiger partial charge < -0.3 is 19.9 Å². The quantitative estimate of drug-likeness (QED) is 0.671. The summed E-state index contributed by atoms with van der Waals surface area (Å²) in [6.07, 6.45) is 0. The van der Waals surface area contributed by atoms with Crippen LogP contribution in [-0.4, -0.2) is 77.0 Å². The first kappa shape index (κ1) is 15.5. The molecule has 0 aromatic carbocycles. The third kappa shape index (κ3) is 3.16. The Kier molecular flexibility index (Phi) is 5.07. The molecule has 2 saturated heterocycles. The number of thiophene rings is 1. The third-order valence-corrected chi connectivity index (χ3v) is 5.21. The number of hydrogen-bond acceptors (Lipinski definition) is 6. The summed E-state index contributed by atoms with van der Waals surface area (Å²) in [6, 6.07) is 2.13. The summed E-state index contributed by atoms with van der Waals surface area (Å²) in [5, 5.41) is 4.61. The highest BCUT2D eigenvalue weighted by Crippen LogP contribution is 2.37. The first-order valence-electron chi connectivity index (χ1n) is 7.69. The van der Waals surface area contributed by atoms with Gasteiger partial charge in [-0.15, -0.1) is 11.3 Å². The lowest BCUT2D eigenvalue weighted by Crippen LogP contribution is -2.46. The summed E-state index contributed by atoms with van der Waals surface area (Å²) >= 11 is 1.76. The number of anilines is 1. The zero-order valence-electron chi connectivity index (χ0n) is 13.0. The molecule has 1 aromatic heterocycles. The van der Waals surface area contributed by atoms with E-state index in [4.69, 9.17) is 4.74 Å². The Bertz CT molecular complexity index is 544. The molecule has 0 radical (unpaired) electrons. The maximum atomic E-state index is 5.44. The van der Waals surface area contributed by atoms with Gasteiger partial charge in [0.1, 0.15) is 5.84 Å². The van der Waals surface area contributed by atoms with Crippen LogP contribution in [-0.2, 0) is 4.74 Å². The standard InChI is InChI=1S/C15H23N5OS/c1-16-12-11-13(19-7-9-21-10-8-19)22-14(12)15(17-2)20-5-3-18-4-6-20/h11,18H,1,3-10H2,2H3/b17-15+. The molecule has 1 aromatic rings. The van der Waals surface area contributed by atoms with Crippen LogP contribution >= 0.6 is 11.3 Å². The Balaban J connectivity index is 1.87. The number of rotatable bonds is 3. The molecule has 22 heavy (non-hydrogen) atoms. The van der Waals surface area contributed by atoms with Gasteiger partial charge in [0.05, 0.1) is 28.8 Å². The van der Waals surface area contributed by atoms with Crippen molar-refractivity contribution in [2.75, 3.05) is 64.4 Å². The second-order valence-electron chi connectivity index (χ2n) is 5.34. The average molecular weight is 321 g/mol. The van der Waals surface area contributed by atoms with E-state index >= 15 is 0 Å². The number of ether oxygens (including phenoxy) is 1. The number of aliphatic imine (C=N–C) groups is 2. The molecule has 0 bridgehead atoms.